The van der Waals surface area contributed by atoms with Gasteiger partial charge < -0.3 is 5.32 Å². The minimum atomic E-state index is -2.95. The quantitative estimate of drug-likeness (QED) is 0.817. The average Bonchev–Trinajstić information content (AvgIpc) is 2.81. The molecule has 0 radical (unpaired) electrons. The topological polar surface area (TPSA) is 49.4 Å². The summed E-state index contributed by atoms with van der Waals surface area (Å²) in [5, 5.41) is 3.28. The van der Waals surface area contributed by atoms with Gasteiger partial charge in [0.1, 0.15) is 5.37 Å². The van der Waals surface area contributed by atoms with E-state index in [0.717, 1.165) is 31.1 Å². The van der Waals surface area contributed by atoms with Crippen molar-refractivity contribution in [2.75, 3.05) is 37.4 Å². The molecule has 1 saturated carbocycles. The molecule has 0 spiro atoms. The maximum absolute atomic E-state index is 11.7. The molecule has 1 saturated heterocycles. The second kappa shape index (κ2) is 6.59. The highest BCUT2D eigenvalue weighted by Crippen LogP contribution is 2.20. The molecule has 1 atom stereocenters. The third kappa shape index (κ3) is 4.11. The Morgan fingerprint density at radius 1 is 1.33 bits per heavy atom. The summed E-state index contributed by atoms with van der Waals surface area (Å²) in [6.07, 6.45) is 6.60. The Balaban J connectivity index is 1.78. The fourth-order valence-electron chi connectivity index (χ4n) is 2.81. The summed E-state index contributed by atoms with van der Waals surface area (Å²) in [5.41, 5.74) is 0. The molecule has 0 amide bonds. The molecule has 1 unspecified atom stereocenters. The first kappa shape index (κ1) is 14.6. The van der Waals surface area contributed by atoms with Gasteiger partial charge in [-0.2, -0.15) is 11.8 Å². The van der Waals surface area contributed by atoms with Crippen molar-refractivity contribution in [2.45, 2.75) is 37.1 Å². The molecule has 1 heterocycles. The highest BCUT2D eigenvalue weighted by atomic mass is 32.2. The molecule has 0 bridgehead atoms. The van der Waals surface area contributed by atoms with Crippen molar-refractivity contribution in [2.24, 2.45) is 0 Å². The predicted molar refractivity (Wildman–Crippen MR) is 77.8 cm³/mol. The average molecular weight is 292 g/mol. The van der Waals surface area contributed by atoms with E-state index >= 15 is 0 Å². The zero-order valence-electron chi connectivity index (χ0n) is 11.1. The van der Waals surface area contributed by atoms with Gasteiger partial charge in [0.15, 0.2) is 9.84 Å². The van der Waals surface area contributed by atoms with Crippen molar-refractivity contribution >= 4 is 21.6 Å². The van der Waals surface area contributed by atoms with E-state index < -0.39 is 9.84 Å². The number of hydrogen-bond donors (Lipinski definition) is 1. The molecule has 6 heteroatoms. The second-order valence-electron chi connectivity index (χ2n) is 5.33. The molecule has 0 aromatic carbocycles. The van der Waals surface area contributed by atoms with Gasteiger partial charge in [-0.25, -0.2) is 8.42 Å². The summed E-state index contributed by atoms with van der Waals surface area (Å²) in [6, 6.07) is 0.667. The Hall–Kier alpha value is 0.220. The molecule has 0 aromatic rings. The fraction of sp³-hybridized carbons (Fsp3) is 1.00. The first-order valence-electron chi connectivity index (χ1n) is 6.81. The molecular weight excluding hydrogens is 268 g/mol. The Labute approximate surface area is 115 Å². The van der Waals surface area contributed by atoms with E-state index in [1.54, 1.807) is 11.8 Å². The maximum Gasteiger partial charge on any atom is 0.164 e. The van der Waals surface area contributed by atoms with Gasteiger partial charge in [0.05, 0.1) is 0 Å². The van der Waals surface area contributed by atoms with Crippen LogP contribution in [0.3, 0.4) is 0 Å². The van der Waals surface area contributed by atoms with Crippen LogP contribution in [0.25, 0.3) is 0 Å². The Morgan fingerprint density at radius 3 is 2.72 bits per heavy atom. The maximum atomic E-state index is 11.7. The molecule has 1 N–H and O–H groups in total. The molecule has 2 aliphatic rings. The van der Waals surface area contributed by atoms with Gasteiger partial charge in [0, 0.05) is 43.4 Å². The summed E-state index contributed by atoms with van der Waals surface area (Å²) < 4.78 is 23.5. The molecule has 1 aliphatic heterocycles. The van der Waals surface area contributed by atoms with Crippen LogP contribution in [0, 0.1) is 0 Å². The van der Waals surface area contributed by atoms with Crippen molar-refractivity contribution in [3.63, 3.8) is 0 Å². The van der Waals surface area contributed by atoms with Crippen molar-refractivity contribution in [1.82, 2.24) is 10.2 Å². The second-order valence-corrected chi connectivity index (χ2v) is 8.68. The number of thioether (sulfide) groups is 1. The van der Waals surface area contributed by atoms with Crippen molar-refractivity contribution in [3.8, 4) is 0 Å². The summed E-state index contributed by atoms with van der Waals surface area (Å²) in [5.74, 6) is 1.78. The Morgan fingerprint density at radius 2 is 2.06 bits per heavy atom. The van der Waals surface area contributed by atoms with E-state index in [1.807, 2.05) is 0 Å². The lowest BCUT2D eigenvalue weighted by atomic mass is 10.2. The van der Waals surface area contributed by atoms with E-state index in [2.05, 4.69) is 10.2 Å². The Bertz CT molecular complexity index is 353. The van der Waals surface area contributed by atoms with E-state index in [4.69, 9.17) is 0 Å². The fourth-order valence-corrected chi connectivity index (χ4v) is 5.78. The number of rotatable bonds is 5. The normalized spacial score (nSPS) is 27.7. The van der Waals surface area contributed by atoms with Gasteiger partial charge in [0.25, 0.3) is 0 Å². The van der Waals surface area contributed by atoms with Crippen LogP contribution in [0.15, 0.2) is 0 Å². The van der Waals surface area contributed by atoms with E-state index in [0.29, 0.717) is 6.04 Å². The van der Waals surface area contributed by atoms with Crippen LogP contribution in [0.1, 0.15) is 25.7 Å². The van der Waals surface area contributed by atoms with Crippen molar-refractivity contribution in [3.05, 3.63) is 0 Å². The Kier molecular flexibility index (Phi) is 5.35. The van der Waals surface area contributed by atoms with Gasteiger partial charge in [0.2, 0.25) is 0 Å². The van der Waals surface area contributed by atoms with Crippen LogP contribution in [0.2, 0.25) is 0 Å². The van der Waals surface area contributed by atoms with E-state index in [1.165, 1.54) is 31.9 Å². The highest BCUT2D eigenvalue weighted by Gasteiger charge is 2.30. The first-order valence-corrected chi connectivity index (χ1v) is 9.92. The molecule has 4 nitrogen and oxygen atoms in total. The molecule has 18 heavy (non-hydrogen) atoms. The van der Waals surface area contributed by atoms with Crippen LogP contribution in [-0.4, -0.2) is 62.1 Å². The lowest BCUT2D eigenvalue weighted by Gasteiger charge is -2.34. The van der Waals surface area contributed by atoms with E-state index in [-0.39, 0.29) is 5.37 Å². The zero-order valence-corrected chi connectivity index (χ0v) is 12.7. The SMILES string of the molecule is CS(=O)(=O)C1CSCCN1CCNC1CCCC1. The molecule has 1 aliphatic carbocycles. The van der Waals surface area contributed by atoms with Gasteiger partial charge >= 0.3 is 0 Å². The molecule has 106 valence electrons. The minimum absolute atomic E-state index is 0.276. The van der Waals surface area contributed by atoms with Crippen molar-refractivity contribution < 1.29 is 8.42 Å². The standard InChI is InChI=1S/C12H24N2O2S2/c1-18(15,16)12-10-17-9-8-14(12)7-6-13-11-4-2-3-5-11/h11-13H,2-10H2,1H3. The lowest BCUT2D eigenvalue weighted by molar-refractivity contribution is 0.265. The zero-order chi connectivity index (χ0) is 13.0. The predicted octanol–water partition coefficient (Wildman–Crippen LogP) is 0.938. The number of nitrogens with zero attached hydrogens (tertiary/aromatic N) is 1. The number of nitrogens with one attached hydrogen (secondary N) is 1. The van der Waals surface area contributed by atoms with Crippen LogP contribution in [0.4, 0.5) is 0 Å². The monoisotopic (exact) mass is 292 g/mol. The highest BCUT2D eigenvalue weighted by molar-refractivity contribution is 8.00. The summed E-state index contributed by atoms with van der Waals surface area (Å²) in [7, 11) is -2.95. The van der Waals surface area contributed by atoms with Crippen molar-refractivity contribution in [1.29, 1.82) is 0 Å². The number of sulfone groups is 1. The summed E-state index contributed by atoms with van der Waals surface area (Å²) in [4.78, 5) is 2.13. The van der Waals surface area contributed by atoms with Gasteiger partial charge in [-0.05, 0) is 12.8 Å². The van der Waals surface area contributed by atoms with Crippen LogP contribution in [0.5, 0.6) is 0 Å². The van der Waals surface area contributed by atoms with Crippen LogP contribution < -0.4 is 5.32 Å². The van der Waals surface area contributed by atoms with Crippen LogP contribution >= 0.6 is 11.8 Å². The van der Waals surface area contributed by atoms with Gasteiger partial charge in [-0.15, -0.1) is 0 Å². The number of hydrogen-bond acceptors (Lipinski definition) is 5. The lowest BCUT2D eigenvalue weighted by Crippen LogP contribution is -2.49. The molecule has 2 fully saturated rings. The van der Waals surface area contributed by atoms with Crippen LogP contribution in [-0.2, 0) is 9.84 Å². The third-order valence-electron chi connectivity index (χ3n) is 3.87. The van der Waals surface area contributed by atoms with E-state index in [9.17, 15) is 8.42 Å². The third-order valence-corrected chi connectivity index (χ3v) is 6.56. The largest absolute Gasteiger partial charge is 0.313 e. The summed E-state index contributed by atoms with van der Waals surface area (Å²) in [6.45, 7) is 2.67. The van der Waals surface area contributed by atoms with Gasteiger partial charge in [-0.3, -0.25) is 4.90 Å². The molecular formula is C12H24N2O2S2. The summed E-state index contributed by atoms with van der Waals surface area (Å²) >= 11 is 1.75. The molecule has 2 rings (SSSR count). The minimum Gasteiger partial charge on any atom is -0.313 e. The van der Waals surface area contributed by atoms with Gasteiger partial charge in [-0.1, -0.05) is 12.8 Å². The smallest absolute Gasteiger partial charge is 0.164 e. The molecule has 0 aromatic heterocycles. The first-order chi connectivity index (χ1) is 8.57.